The molecule has 2 aromatic rings. The molecule has 2 nitrogen and oxygen atoms in total. The molecule has 0 aliphatic heterocycles. The van der Waals surface area contributed by atoms with E-state index in [4.69, 9.17) is 4.42 Å². The first-order chi connectivity index (χ1) is 7.86. The Morgan fingerprint density at radius 1 is 0.647 bits per heavy atom. The van der Waals surface area contributed by atoms with Crippen LogP contribution in [0.5, 0.6) is 0 Å². The van der Waals surface area contributed by atoms with E-state index in [1.807, 2.05) is 20.8 Å². The zero-order valence-corrected chi connectivity index (χ0v) is 11.3. The zero-order valence-electron chi connectivity index (χ0n) is 11.3. The van der Waals surface area contributed by atoms with E-state index < -0.39 is 0 Å². The van der Waals surface area contributed by atoms with Crippen LogP contribution < -0.4 is 5.63 Å². The summed E-state index contributed by atoms with van der Waals surface area (Å²) in [5, 5.41) is 1.10. The van der Waals surface area contributed by atoms with Crippen LogP contribution in [0.2, 0.25) is 0 Å². The summed E-state index contributed by atoms with van der Waals surface area (Å²) in [6, 6.07) is 0. The van der Waals surface area contributed by atoms with Crippen LogP contribution in [0.25, 0.3) is 11.0 Å². The first-order valence-electron chi connectivity index (χ1n) is 5.86. The molecule has 0 saturated carbocycles. The van der Waals surface area contributed by atoms with Crippen molar-refractivity contribution in [3.63, 3.8) is 0 Å². The van der Waals surface area contributed by atoms with Crippen molar-refractivity contribution in [1.29, 1.82) is 0 Å². The fraction of sp³-hybridized carbons (Fsp3) is 0.400. The molecule has 0 unspecified atom stereocenters. The van der Waals surface area contributed by atoms with Crippen molar-refractivity contribution in [3.05, 3.63) is 43.8 Å². The van der Waals surface area contributed by atoms with E-state index in [0.29, 0.717) is 5.56 Å². The number of rotatable bonds is 0. The third-order valence-electron chi connectivity index (χ3n) is 4.07. The van der Waals surface area contributed by atoms with Gasteiger partial charge in [-0.15, -0.1) is 0 Å². The largest absolute Gasteiger partial charge is 0.422 e. The van der Waals surface area contributed by atoms with Crippen molar-refractivity contribution in [3.8, 4) is 0 Å². The van der Waals surface area contributed by atoms with Gasteiger partial charge in [-0.3, -0.25) is 0 Å². The average molecular weight is 230 g/mol. The molecule has 0 bridgehead atoms. The van der Waals surface area contributed by atoms with Crippen LogP contribution in [-0.2, 0) is 0 Å². The Kier molecular flexibility index (Phi) is 2.61. The maximum Gasteiger partial charge on any atom is 0.339 e. The standard InChI is InChI=1S/C15H18O2/c1-7-8(2)11(5)14-13(9(7)3)10(4)12(6)15(16)17-14/h1-6H3. The van der Waals surface area contributed by atoms with Gasteiger partial charge in [0.15, 0.2) is 0 Å². The van der Waals surface area contributed by atoms with E-state index >= 15 is 0 Å². The third-order valence-corrected chi connectivity index (χ3v) is 4.07. The lowest BCUT2D eigenvalue weighted by Crippen LogP contribution is -2.08. The smallest absolute Gasteiger partial charge is 0.339 e. The van der Waals surface area contributed by atoms with Crippen molar-refractivity contribution in [2.45, 2.75) is 41.5 Å². The summed E-state index contributed by atoms with van der Waals surface area (Å²) >= 11 is 0. The second-order valence-electron chi connectivity index (χ2n) is 4.84. The number of benzene rings is 1. The lowest BCUT2D eigenvalue weighted by atomic mass is 9.92. The highest BCUT2D eigenvalue weighted by Crippen LogP contribution is 2.31. The Balaban J connectivity index is 3.18. The summed E-state index contributed by atoms with van der Waals surface area (Å²) in [5.74, 6) is 0. The lowest BCUT2D eigenvalue weighted by molar-refractivity contribution is 0.550. The van der Waals surface area contributed by atoms with Crippen LogP contribution in [-0.4, -0.2) is 0 Å². The number of aryl methyl sites for hydroxylation is 3. The molecule has 1 aromatic heterocycles. The van der Waals surface area contributed by atoms with Crippen molar-refractivity contribution >= 4 is 11.0 Å². The van der Waals surface area contributed by atoms with Gasteiger partial charge < -0.3 is 4.42 Å². The molecule has 0 spiro atoms. The number of hydrogen-bond acceptors (Lipinski definition) is 2. The number of hydrogen-bond donors (Lipinski definition) is 0. The maximum absolute atomic E-state index is 11.7. The van der Waals surface area contributed by atoms with E-state index in [1.165, 1.54) is 16.7 Å². The summed E-state index contributed by atoms with van der Waals surface area (Å²) in [6.45, 7) is 12.1. The Hall–Kier alpha value is -1.57. The summed E-state index contributed by atoms with van der Waals surface area (Å²) in [6.07, 6.45) is 0. The van der Waals surface area contributed by atoms with E-state index in [9.17, 15) is 4.79 Å². The van der Waals surface area contributed by atoms with Gasteiger partial charge in [0.05, 0.1) is 0 Å². The van der Waals surface area contributed by atoms with Crippen molar-refractivity contribution in [2.24, 2.45) is 0 Å². The molecule has 2 rings (SSSR count). The quantitative estimate of drug-likeness (QED) is 0.647. The van der Waals surface area contributed by atoms with Crippen molar-refractivity contribution in [1.82, 2.24) is 0 Å². The van der Waals surface area contributed by atoms with Crippen LogP contribution in [0.4, 0.5) is 0 Å². The molecule has 0 atom stereocenters. The summed E-state index contributed by atoms with van der Waals surface area (Å²) in [7, 11) is 0. The van der Waals surface area contributed by atoms with Crippen LogP contribution in [0, 0.1) is 41.5 Å². The van der Waals surface area contributed by atoms with Crippen LogP contribution in [0.1, 0.15) is 33.4 Å². The number of fused-ring (bicyclic) bond motifs is 1. The molecule has 0 fully saturated rings. The molecule has 0 aliphatic rings. The normalized spacial score (nSPS) is 11.2. The molecular formula is C15H18O2. The van der Waals surface area contributed by atoms with Crippen molar-refractivity contribution < 1.29 is 4.42 Å². The molecule has 2 heteroatoms. The van der Waals surface area contributed by atoms with Crippen LogP contribution in [0.15, 0.2) is 9.21 Å². The Morgan fingerprint density at radius 2 is 1.12 bits per heavy atom. The minimum absolute atomic E-state index is 0.222. The van der Waals surface area contributed by atoms with Gasteiger partial charge >= 0.3 is 5.63 Å². The van der Waals surface area contributed by atoms with Crippen LogP contribution >= 0.6 is 0 Å². The molecule has 0 aliphatic carbocycles. The third kappa shape index (κ3) is 1.51. The molecular weight excluding hydrogens is 212 g/mol. The van der Waals surface area contributed by atoms with Gasteiger partial charge in [-0.05, 0) is 69.4 Å². The maximum atomic E-state index is 11.7. The molecule has 0 amide bonds. The van der Waals surface area contributed by atoms with E-state index in [0.717, 1.165) is 22.1 Å². The fourth-order valence-corrected chi connectivity index (χ4v) is 2.37. The SMILES string of the molecule is Cc1c(C)c(C)c2c(C)c(C)c(=O)oc2c1C. The molecule has 17 heavy (non-hydrogen) atoms. The summed E-state index contributed by atoms with van der Waals surface area (Å²) in [4.78, 5) is 11.7. The lowest BCUT2D eigenvalue weighted by Gasteiger charge is -2.15. The highest BCUT2D eigenvalue weighted by molar-refractivity contribution is 5.89. The van der Waals surface area contributed by atoms with Gasteiger partial charge in [-0.1, -0.05) is 0 Å². The zero-order chi connectivity index (χ0) is 12.9. The minimum atomic E-state index is -0.222. The molecule has 0 radical (unpaired) electrons. The van der Waals surface area contributed by atoms with E-state index in [2.05, 4.69) is 20.8 Å². The highest BCUT2D eigenvalue weighted by atomic mass is 16.4. The van der Waals surface area contributed by atoms with Gasteiger partial charge in [0.1, 0.15) is 5.58 Å². The van der Waals surface area contributed by atoms with Gasteiger partial charge in [0, 0.05) is 10.9 Å². The fourth-order valence-electron chi connectivity index (χ4n) is 2.37. The minimum Gasteiger partial charge on any atom is -0.422 e. The monoisotopic (exact) mass is 230 g/mol. The molecule has 0 N–H and O–H groups in total. The predicted octanol–water partition coefficient (Wildman–Crippen LogP) is 3.64. The topological polar surface area (TPSA) is 30.2 Å². The van der Waals surface area contributed by atoms with Gasteiger partial charge in [0.25, 0.3) is 0 Å². The Morgan fingerprint density at radius 3 is 1.71 bits per heavy atom. The average Bonchev–Trinajstić information content (AvgIpc) is 2.30. The Bertz CT molecular complexity index is 676. The highest BCUT2D eigenvalue weighted by Gasteiger charge is 2.15. The summed E-state index contributed by atoms with van der Waals surface area (Å²) in [5.41, 5.74) is 7.06. The Labute approximate surface area is 101 Å². The second kappa shape index (κ2) is 3.73. The van der Waals surface area contributed by atoms with Gasteiger partial charge in [-0.2, -0.15) is 0 Å². The molecule has 1 heterocycles. The van der Waals surface area contributed by atoms with Gasteiger partial charge in [0.2, 0.25) is 0 Å². The van der Waals surface area contributed by atoms with Gasteiger partial charge in [-0.25, -0.2) is 4.79 Å². The van der Waals surface area contributed by atoms with Crippen molar-refractivity contribution in [2.75, 3.05) is 0 Å². The molecule has 90 valence electrons. The predicted molar refractivity (Wildman–Crippen MR) is 70.9 cm³/mol. The second-order valence-corrected chi connectivity index (χ2v) is 4.84. The summed E-state index contributed by atoms with van der Waals surface area (Å²) < 4.78 is 5.47. The molecule has 1 aromatic carbocycles. The van der Waals surface area contributed by atoms with Crippen LogP contribution in [0.3, 0.4) is 0 Å². The first kappa shape index (κ1) is 11.9. The first-order valence-corrected chi connectivity index (χ1v) is 5.86. The molecule has 0 saturated heterocycles. The van der Waals surface area contributed by atoms with E-state index in [1.54, 1.807) is 0 Å². The van der Waals surface area contributed by atoms with E-state index in [-0.39, 0.29) is 5.63 Å².